The number of carbonyl (C=O) groups is 1. The number of carboxylic acids is 1. The number of benzene rings is 1. The molecule has 1 aromatic heterocycles. The van der Waals surface area contributed by atoms with Gasteiger partial charge in [0.2, 0.25) is 0 Å². The molecule has 0 bridgehead atoms. The Hall–Kier alpha value is -2.60. The van der Waals surface area contributed by atoms with E-state index in [4.69, 9.17) is 10.8 Å². The maximum Gasteiger partial charge on any atom is 0.345 e. The number of aromatic amines is 1. The number of carboxylic acid groups (broad SMARTS) is 1. The summed E-state index contributed by atoms with van der Waals surface area (Å²) >= 11 is 0. The van der Waals surface area contributed by atoms with Gasteiger partial charge in [-0.05, 0) is 17.5 Å². The molecule has 2 rings (SSSR count). The summed E-state index contributed by atoms with van der Waals surface area (Å²) in [6.45, 7) is 2.18. The Balaban J connectivity index is 2.68. The van der Waals surface area contributed by atoms with E-state index < -0.39 is 22.8 Å². The van der Waals surface area contributed by atoms with Crippen LogP contribution in [0.5, 0.6) is 5.75 Å². The minimum absolute atomic E-state index is 0.386. The second kappa shape index (κ2) is 5.80. The van der Waals surface area contributed by atoms with Gasteiger partial charge in [-0.3, -0.25) is 4.79 Å². The number of nitrogens with two attached hydrogens (primary N) is 1. The van der Waals surface area contributed by atoms with E-state index in [0.29, 0.717) is 29.8 Å². The first-order valence-electron chi connectivity index (χ1n) is 6.50. The summed E-state index contributed by atoms with van der Waals surface area (Å²) in [5, 5.41) is 19.1. The molecule has 110 valence electrons. The summed E-state index contributed by atoms with van der Waals surface area (Å²) < 4.78 is 0. The maximum absolute atomic E-state index is 11.9. The summed E-state index contributed by atoms with van der Waals surface area (Å²) in [5.41, 5.74) is 6.52. The van der Waals surface area contributed by atoms with Crippen LogP contribution in [0.2, 0.25) is 0 Å². The van der Waals surface area contributed by atoms with Crippen LogP contribution < -0.4 is 11.3 Å². The number of aromatic hydroxyl groups is 1. The summed E-state index contributed by atoms with van der Waals surface area (Å²) in [6, 6.07) is 7.17. The van der Waals surface area contributed by atoms with Crippen LogP contribution >= 0.6 is 0 Å². The molecule has 6 nitrogen and oxygen atoms in total. The molecule has 0 aliphatic heterocycles. The van der Waals surface area contributed by atoms with Gasteiger partial charge in [-0.15, -0.1) is 0 Å². The molecule has 5 N–H and O–H groups in total. The normalized spacial score (nSPS) is 10.6. The lowest BCUT2D eigenvalue weighted by molar-refractivity contribution is 0.0691. The van der Waals surface area contributed by atoms with Gasteiger partial charge in [0, 0.05) is 12.1 Å². The highest BCUT2D eigenvalue weighted by Gasteiger charge is 2.21. The van der Waals surface area contributed by atoms with Crippen molar-refractivity contribution < 1.29 is 15.0 Å². The third-order valence-electron chi connectivity index (χ3n) is 3.34. The Kier molecular flexibility index (Phi) is 4.09. The SMILES string of the molecule is CCc1c(-c2ccc(CN)cc2)[nH]c(=O)c(C(=O)O)c1O. The van der Waals surface area contributed by atoms with Gasteiger partial charge in [-0.2, -0.15) is 0 Å². The second-order valence-corrected chi connectivity index (χ2v) is 4.59. The lowest BCUT2D eigenvalue weighted by atomic mass is 10.00. The third-order valence-corrected chi connectivity index (χ3v) is 3.34. The van der Waals surface area contributed by atoms with Gasteiger partial charge in [0.1, 0.15) is 5.75 Å². The zero-order chi connectivity index (χ0) is 15.6. The first kappa shape index (κ1) is 14.8. The Morgan fingerprint density at radius 3 is 2.38 bits per heavy atom. The number of aromatic carboxylic acids is 1. The van der Waals surface area contributed by atoms with Gasteiger partial charge in [-0.25, -0.2) is 4.79 Å². The van der Waals surface area contributed by atoms with Crippen LogP contribution in [0.25, 0.3) is 11.3 Å². The highest BCUT2D eigenvalue weighted by atomic mass is 16.4. The van der Waals surface area contributed by atoms with Crippen LogP contribution in [-0.4, -0.2) is 21.2 Å². The standard InChI is InChI=1S/C15H16N2O4/c1-2-10-12(9-5-3-8(7-16)4-6-9)17-14(19)11(13(10)18)15(20)21/h3-6H,2,7,16H2,1H3,(H,20,21)(H2,17,18,19). The van der Waals surface area contributed by atoms with Gasteiger partial charge in [0.15, 0.2) is 5.56 Å². The van der Waals surface area contributed by atoms with Crippen LogP contribution in [0, 0.1) is 0 Å². The minimum atomic E-state index is -1.45. The van der Waals surface area contributed by atoms with Crippen LogP contribution in [0.3, 0.4) is 0 Å². The third kappa shape index (κ3) is 2.66. The van der Waals surface area contributed by atoms with E-state index in [1.165, 1.54) is 0 Å². The molecule has 0 aliphatic rings. The minimum Gasteiger partial charge on any atom is -0.506 e. The first-order valence-corrected chi connectivity index (χ1v) is 6.50. The molecule has 0 radical (unpaired) electrons. The number of H-pyrrole nitrogens is 1. The summed E-state index contributed by atoms with van der Waals surface area (Å²) in [4.78, 5) is 25.4. The molecule has 6 heteroatoms. The molecule has 0 saturated carbocycles. The quantitative estimate of drug-likeness (QED) is 0.679. The van der Waals surface area contributed by atoms with Crippen molar-refractivity contribution in [2.75, 3.05) is 0 Å². The average molecular weight is 288 g/mol. The smallest absolute Gasteiger partial charge is 0.345 e. The number of hydrogen-bond donors (Lipinski definition) is 4. The highest BCUT2D eigenvalue weighted by Crippen LogP contribution is 2.29. The lowest BCUT2D eigenvalue weighted by Gasteiger charge is -2.12. The van der Waals surface area contributed by atoms with E-state index in [1.54, 1.807) is 19.1 Å². The van der Waals surface area contributed by atoms with E-state index in [2.05, 4.69) is 4.98 Å². The molecule has 1 aromatic carbocycles. The predicted octanol–water partition coefficient (Wildman–Crippen LogP) is 1.47. The molecule has 21 heavy (non-hydrogen) atoms. The fraction of sp³-hybridized carbons (Fsp3) is 0.200. The summed E-state index contributed by atoms with van der Waals surface area (Å²) in [6.07, 6.45) is 0.386. The van der Waals surface area contributed by atoms with Crippen molar-refractivity contribution in [3.8, 4) is 17.0 Å². The van der Waals surface area contributed by atoms with Crippen molar-refractivity contribution in [1.29, 1.82) is 0 Å². The Labute approximate surface area is 120 Å². The number of pyridine rings is 1. The van der Waals surface area contributed by atoms with Crippen LogP contribution in [-0.2, 0) is 13.0 Å². The predicted molar refractivity (Wildman–Crippen MR) is 78.4 cm³/mol. The maximum atomic E-state index is 11.9. The number of aromatic nitrogens is 1. The molecule has 0 fully saturated rings. The van der Waals surface area contributed by atoms with Crippen molar-refractivity contribution in [3.05, 3.63) is 51.3 Å². The van der Waals surface area contributed by atoms with Crippen LogP contribution in [0.4, 0.5) is 0 Å². The Bertz CT molecular complexity index is 733. The van der Waals surface area contributed by atoms with E-state index >= 15 is 0 Å². The molecule has 0 spiro atoms. The van der Waals surface area contributed by atoms with Gasteiger partial charge in [0.05, 0.1) is 5.69 Å². The number of nitrogens with one attached hydrogen (secondary N) is 1. The van der Waals surface area contributed by atoms with E-state index in [9.17, 15) is 14.7 Å². The van der Waals surface area contributed by atoms with Crippen molar-refractivity contribution in [1.82, 2.24) is 4.98 Å². The molecule has 0 atom stereocenters. The van der Waals surface area contributed by atoms with Crippen molar-refractivity contribution in [2.45, 2.75) is 19.9 Å². The zero-order valence-electron chi connectivity index (χ0n) is 11.5. The Morgan fingerprint density at radius 1 is 1.29 bits per heavy atom. The number of hydrogen-bond acceptors (Lipinski definition) is 4. The topological polar surface area (TPSA) is 116 Å². The molecule has 0 amide bonds. The lowest BCUT2D eigenvalue weighted by Crippen LogP contribution is -2.20. The second-order valence-electron chi connectivity index (χ2n) is 4.59. The van der Waals surface area contributed by atoms with E-state index in [1.807, 2.05) is 12.1 Å². The molecule has 0 saturated heterocycles. The molecule has 0 unspecified atom stereocenters. The summed E-state index contributed by atoms with van der Waals surface area (Å²) in [7, 11) is 0. The zero-order valence-corrected chi connectivity index (χ0v) is 11.5. The van der Waals surface area contributed by atoms with Crippen LogP contribution in [0.15, 0.2) is 29.1 Å². The van der Waals surface area contributed by atoms with E-state index in [0.717, 1.165) is 5.56 Å². The number of rotatable bonds is 4. The van der Waals surface area contributed by atoms with Crippen LogP contribution in [0.1, 0.15) is 28.4 Å². The van der Waals surface area contributed by atoms with Gasteiger partial charge in [0.25, 0.3) is 5.56 Å². The van der Waals surface area contributed by atoms with E-state index in [-0.39, 0.29) is 0 Å². The largest absolute Gasteiger partial charge is 0.506 e. The average Bonchev–Trinajstić information content (AvgIpc) is 2.46. The van der Waals surface area contributed by atoms with Gasteiger partial charge >= 0.3 is 5.97 Å². The molecule has 1 heterocycles. The first-order chi connectivity index (χ1) is 9.99. The van der Waals surface area contributed by atoms with Crippen molar-refractivity contribution >= 4 is 5.97 Å². The van der Waals surface area contributed by atoms with Crippen molar-refractivity contribution in [2.24, 2.45) is 5.73 Å². The fourth-order valence-electron chi connectivity index (χ4n) is 2.22. The molecule has 0 aliphatic carbocycles. The van der Waals surface area contributed by atoms with Gasteiger partial charge < -0.3 is 20.9 Å². The van der Waals surface area contributed by atoms with Crippen molar-refractivity contribution in [3.63, 3.8) is 0 Å². The van der Waals surface area contributed by atoms with Gasteiger partial charge in [-0.1, -0.05) is 31.2 Å². The molecule has 2 aromatic rings. The fourth-order valence-corrected chi connectivity index (χ4v) is 2.22. The molecular formula is C15H16N2O4. The Morgan fingerprint density at radius 2 is 1.90 bits per heavy atom. The summed E-state index contributed by atoms with van der Waals surface area (Å²) in [5.74, 6) is -1.93. The highest BCUT2D eigenvalue weighted by molar-refractivity contribution is 5.91. The molecular weight excluding hydrogens is 272 g/mol. The monoisotopic (exact) mass is 288 g/mol.